The minimum Gasteiger partial charge on any atom is -0.493 e. The Morgan fingerprint density at radius 2 is 1.73 bits per heavy atom. The molecule has 158 valence electrons. The first-order valence-electron chi connectivity index (χ1n) is 9.48. The van der Waals surface area contributed by atoms with E-state index in [-0.39, 0.29) is 18.7 Å². The monoisotopic (exact) mass is 414 g/mol. The van der Waals surface area contributed by atoms with Gasteiger partial charge in [0.2, 0.25) is 12.5 Å². The fourth-order valence-corrected chi connectivity index (χ4v) is 3.92. The number of hydrogen-bond donors (Lipinski definition) is 0. The summed E-state index contributed by atoms with van der Waals surface area (Å²) in [5.41, 5.74) is 2.40. The van der Waals surface area contributed by atoms with Crippen molar-refractivity contribution in [3.8, 4) is 39.9 Å². The number of esters is 1. The molecule has 2 heterocycles. The summed E-state index contributed by atoms with van der Waals surface area (Å²) in [6.07, 6.45) is 1.77. The van der Waals surface area contributed by atoms with Gasteiger partial charge >= 0.3 is 5.97 Å². The first-order chi connectivity index (χ1) is 14.6. The van der Waals surface area contributed by atoms with E-state index in [9.17, 15) is 9.59 Å². The van der Waals surface area contributed by atoms with Crippen LogP contribution in [0.5, 0.6) is 28.7 Å². The second-order valence-electron chi connectivity index (χ2n) is 6.95. The number of ether oxygens (including phenoxy) is 6. The average molecular weight is 414 g/mol. The van der Waals surface area contributed by atoms with Crippen molar-refractivity contribution in [3.63, 3.8) is 0 Å². The van der Waals surface area contributed by atoms with Crippen LogP contribution in [-0.4, -0.2) is 47.0 Å². The van der Waals surface area contributed by atoms with Crippen LogP contribution < -0.4 is 23.7 Å². The molecule has 2 aromatic rings. The molecule has 1 saturated heterocycles. The maximum atomic E-state index is 12.1. The molecule has 0 N–H and O–H groups in total. The summed E-state index contributed by atoms with van der Waals surface area (Å²) in [6.45, 7) is 0.480. The summed E-state index contributed by atoms with van der Waals surface area (Å²) in [7, 11) is 4.56. The standard InChI is InChI=1S/C22H22O8/c1-25-18-7-13(6-12-4-5-28-22(12)24)19(21(27-3)20(18)26-2)15-9-17-16(29-11-30-17)8-14(15)10-23/h7-10,12H,4-6,11H2,1-3H3. The summed E-state index contributed by atoms with van der Waals surface area (Å²) in [5.74, 6) is 1.76. The van der Waals surface area contributed by atoms with Crippen molar-refractivity contribution < 1.29 is 38.0 Å². The second kappa shape index (κ2) is 8.14. The van der Waals surface area contributed by atoms with Gasteiger partial charge in [-0.25, -0.2) is 0 Å². The van der Waals surface area contributed by atoms with Gasteiger partial charge in [0, 0.05) is 16.7 Å². The molecule has 0 radical (unpaired) electrons. The van der Waals surface area contributed by atoms with Crippen LogP contribution in [0.4, 0.5) is 0 Å². The maximum Gasteiger partial charge on any atom is 0.309 e. The van der Waals surface area contributed by atoms with E-state index in [1.807, 2.05) is 0 Å². The molecular formula is C22H22O8. The van der Waals surface area contributed by atoms with Crippen LogP contribution in [0.15, 0.2) is 18.2 Å². The number of carbonyl (C=O) groups excluding carboxylic acids is 2. The van der Waals surface area contributed by atoms with E-state index in [1.54, 1.807) is 18.2 Å². The highest BCUT2D eigenvalue weighted by atomic mass is 16.7. The van der Waals surface area contributed by atoms with Gasteiger partial charge in [0.1, 0.15) is 0 Å². The van der Waals surface area contributed by atoms with Gasteiger partial charge in [0.25, 0.3) is 0 Å². The Morgan fingerprint density at radius 1 is 1.00 bits per heavy atom. The SMILES string of the molecule is COc1cc(CC2CCOC2=O)c(-c2cc3c(cc2C=O)OCO3)c(OC)c1OC. The Morgan fingerprint density at radius 3 is 2.33 bits per heavy atom. The van der Waals surface area contributed by atoms with Crippen molar-refractivity contribution in [2.45, 2.75) is 12.8 Å². The highest BCUT2D eigenvalue weighted by molar-refractivity contribution is 5.94. The van der Waals surface area contributed by atoms with E-state index in [0.717, 1.165) is 11.8 Å². The van der Waals surface area contributed by atoms with Gasteiger partial charge in [0.05, 0.1) is 33.9 Å². The Balaban J connectivity index is 1.97. The summed E-state index contributed by atoms with van der Waals surface area (Å²) in [4.78, 5) is 24.1. The van der Waals surface area contributed by atoms with Gasteiger partial charge in [-0.05, 0) is 36.6 Å². The normalized spacial score (nSPS) is 16.9. The van der Waals surface area contributed by atoms with Crippen molar-refractivity contribution in [3.05, 3.63) is 29.3 Å². The largest absolute Gasteiger partial charge is 0.493 e. The van der Waals surface area contributed by atoms with Gasteiger partial charge in [-0.15, -0.1) is 0 Å². The van der Waals surface area contributed by atoms with Crippen LogP contribution in [0.3, 0.4) is 0 Å². The first-order valence-corrected chi connectivity index (χ1v) is 9.48. The predicted molar refractivity (Wildman–Crippen MR) is 106 cm³/mol. The van der Waals surface area contributed by atoms with Crippen molar-refractivity contribution in [2.24, 2.45) is 5.92 Å². The molecule has 2 aromatic carbocycles. The van der Waals surface area contributed by atoms with Gasteiger partial charge in [-0.3, -0.25) is 9.59 Å². The molecule has 1 atom stereocenters. The fraction of sp³-hybridized carbons (Fsp3) is 0.364. The minimum atomic E-state index is -0.291. The lowest BCUT2D eigenvalue weighted by molar-refractivity contribution is -0.141. The van der Waals surface area contributed by atoms with E-state index < -0.39 is 0 Å². The van der Waals surface area contributed by atoms with Crippen molar-refractivity contribution >= 4 is 12.3 Å². The van der Waals surface area contributed by atoms with Gasteiger partial charge in [-0.1, -0.05) is 0 Å². The molecule has 0 saturated carbocycles. The molecule has 0 aliphatic carbocycles. The third-order valence-corrected chi connectivity index (χ3v) is 5.36. The molecule has 1 unspecified atom stereocenters. The van der Waals surface area contributed by atoms with Crippen LogP contribution in [0.25, 0.3) is 11.1 Å². The molecule has 0 bridgehead atoms. The fourth-order valence-electron chi connectivity index (χ4n) is 3.92. The lowest BCUT2D eigenvalue weighted by atomic mass is 9.88. The third-order valence-electron chi connectivity index (χ3n) is 5.36. The molecule has 8 nitrogen and oxygen atoms in total. The lowest BCUT2D eigenvalue weighted by Gasteiger charge is -2.21. The number of hydrogen-bond acceptors (Lipinski definition) is 8. The van der Waals surface area contributed by atoms with Crippen LogP contribution in [-0.2, 0) is 16.0 Å². The van der Waals surface area contributed by atoms with Crippen LogP contribution in [0, 0.1) is 5.92 Å². The van der Waals surface area contributed by atoms with Crippen LogP contribution >= 0.6 is 0 Å². The van der Waals surface area contributed by atoms with Crippen LogP contribution in [0.2, 0.25) is 0 Å². The minimum absolute atomic E-state index is 0.0843. The molecule has 1 fully saturated rings. The summed E-state index contributed by atoms with van der Waals surface area (Å²) in [5, 5.41) is 0. The summed E-state index contributed by atoms with van der Waals surface area (Å²) >= 11 is 0. The number of fused-ring (bicyclic) bond motifs is 1. The van der Waals surface area contributed by atoms with Crippen molar-refractivity contribution in [1.82, 2.24) is 0 Å². The third kappa shape index (κ3) is 3.28. The number of rotatable bonds is 7. The Hall–Kier alpha value is -3.42. The Kier molecular flexibility index (Phi) is 5.39. The number of methoxy groups -OCH3 is 3. The highest BCUT2D eigenvalue weighted by Crippen LogP contribution is 2.50. The molecule has 4 rings (SSSR count). The summed E-state index contributed by atoms with van der Waals surface area (Å²) < 4.78 is 32.8. The Bertz CT molecular complexity index is 997. The van der Waals surface area contributed by atoms with E-state index in [2.05, 4.69) is 0 Å². The first kappa shape index (κ1) is 19.9. The predicted octanol–water partition coefficient (Wildman–Crippen LogP) is 3.03. The van der Waals surface area contributed by atoms with Crippen molar-refractivity contribution in [1.29, 1.82) is 0 Å². The van der Waals surface area contributed by atoms with Gasteiger partial charge in [-0.2, -0.15) is 0 Å². The molecule has 0 aromatic heterocycles. The zero-order chi connectivity index (χ0) is 21.3. The van der Waals surface area contributed by atoms with Crippen LogP contribution in [0.1, 0.15) is 22.3 Å². The lowest BCUT2D eigenvalue weighted by Crippen LogP contribution is -2.12. The van der Waals surface area contributed by atoms with Gasteiger partial charge < -0.3 is 28.4 Å². The number of benzene rings is 2. The molecule has 0 spiro atoms. The van der Waals surface area contributed by atoms with Gasteiger partial charge in [0.15, 0.2) is 29.3 Å². The zero-order valence-electron chi connectivity index (χ0n) is 17.0. The molecular weight excluding hydrogens is 392 g/mol. The van der Waals surface area contributed by atoms with E-state index in [4.69, 9.17) is 28.4 Å². The topological polar surface area (TPSA) is 89.5 Å². The smallest absolute Gasteiger partial charge is 0.309 e. The molecule has 30 heavy (non-hydrogen) atoms. The Labute approximate surface area is 173 Å². The molecule has 2 aliphatic rings. The van der Waals surface area contributed by atoms with E-state index in [0.29, 0.717) is 64.9 Å². The summed E-state index contributed by atoms with van der Waals surface area (Å²) in [6, 6.07) is 5.18. The second-order valence-corrected chi connectivity index (χ2v) is 6.95. The van der Waals surface area contributed by atoms with Crippen molar-refractivity contribution in [2.75, 3.05) is 34.7 Å². The number of aldehydes is 1. The molecule has 2 aliphatic heterocycles. The van der Waals surface area contributed by atoms with E-state index in [1.165, 1.54) is 21.3 Å². The molecule has 0 amide bonds. The zero-order valence-corrected chi connectivity index (χ0v) is 17.0. The quantitative estimate of drug-likeness (QED) is 0.505. The van der Waals surface area contributed by atoms with E-state index >= 15 is 0 Å². The maximum absolute atomic E-state index is 12.1. The number of cyclic esters (lactones) is 1. The number of carbonyl (C=O) groups is 2. The highest BCUT2D eigenvalue weighted by Gasteiger charge is 2.31. The molecule has 8 heteroatoms. The average Bonchev–Trinajstić information content (AvgIpc) is 3.39.